The zero-order valence-corrected chi connectivity index (χ0v) is 16.3. The van der Waals surface area contributed by atoms with Gasteiger partial charge in [-0.15, -0.1) is 0 Å². The van der Waals surface area contributed by atoms with E-state index in [0.717, 1.165) is 24.3 Å². The van der Waals surface area contributed by atoms with E-state index in [4.69, 9.17) is 16.3 Å². The summed E-state index contributed by atoms with van der Waals surface area (Å²) < 4.78 is 53.9. The van der Waals surface area contributed by atoms with E-state index in [9.17, 15) is 22.0 Å². The number of anilines is 1. The monoisotopic (exact) mass is 437 g/mol. The molecule has 5 nitrogen and oxygen atoms in total. The molecule has 1 amide bonds. The van der Waals surface area contributed by atoms with Crippen molar-refractivity contribution in [1.82, 2.24) is 0 Å². The lowest BCUT2D eigenvalue weighted by atomic mass is 10.2. The SMILES string of the molecule is O=C(Nc1ccccc1Oc1ccccc1Cl)c1ccc(S(=O)(=O)C(F)F)cc1. The maximum atomic E-state index is 12.6. The second-order valence-electron chi connectivity index (χ2n) is 5.81. The van der Waals surface area contributed by atoms with Gasteiger partial charge in [-0.3, -0.25) is 4.79 Å². The lowest BCUT2D eigenvalue weighted by molar-refractivity contribution is 0.102. The van der Waals surface area contributed by atoms with Gasteiger partial charge in [0, 0.05) is 5.56 Å². The summed E-state index contributed by atoms with van der Waals surface area (Å²) in [6, 6.07) is 17.7. The third kappa shape index (κ3) is 4.72. The first-order valence-corrected chi connectivity index (χ1v) is 10.2. The molecule has 0 heterocycles. The normalized spacial score (nSPS) is 11.3. The topological polar surface area (TPSA) is 72.5 Å². The molecule has 0 fully saturated rings. The summed E-state index contributed by atoms with van der Waals surface area (Å²) in [6.45, 7) is 0. The summed E-state index contributed by atoms with van der Waals surface area (Å²) in [7, 11) is -4.72. The highest BCUT2D eigenvalue weighted by Gasteiger charge is 2.26. The van der Waals surface area contributed by atoms with Crippen molar-refractivity contribution < 1.29 is 26.7 Å². The summed E-state index contributed by atoms with van der Waals surface area (Å²) in [4.78, 5) is 11.9. The molecule has 29 heavy (non-hydrogen) atoms. The Morgan fingerprint density at radius 2 is 1.48 bits per heavy atom. The number of benzene rings is 3. The van der Waals surface area contributed by atoms with Gasteiger partial charge >= 0.3 is 5.76 Å². The van der Waals surface area contributed by atoms with Crippen molar-refractivity contribution in [2.45, 2.75) is 10.7 Å². The minimum atomic E-state index is -4.72. The van der Waals surface area contributed by atoms with Crippen LogP contribution in [0.3, 0.4) is 0 Å². The molecule has 0 aliphatic rings. The average molecular weight is 438 g/mol. The number of sulfone groups is 1. The number of hydrogen-bond donors (Lipinski definition) is 1. The molecule has 1 N–H and O–H groups in total. The zero-order chi connectivity index (χ0) is 21.0. The first-order chi connectivity index (χ1) is 13.8. The predicted molar refractivity (Wildman–Crippen MR) is 106 cm³/mol. The van der Waals surface area contributed by atoms with Gasteiger partial charge in [0.25, 0.3) is 5.91 Å². The van der Waals surface area contributed by atoms with Crippen LogP contribution in [0.4, 0.5) is 14.5 Å². The molecule has 0 aromatic heterocycles. The smallest absolute Gasteiger partial charge is 0.341 e. The highest BCUT2D eigenvalue weighted by molar-refractivity contribution is 7.91. The molecular formula is C20H14ClF2NO4S. The number of carbonyl (C=O) groups excluding carboxylic acids is 1. The summed E-state index contributed by atoms with van der Waals surface area (Å²) in [5, 5.41) is 3.04. The molecule has 0 saturated carbocycles. The van der Waals surface area contributed by atoms with Crippen LogP contribution >= 0.6 is 11.6 Å². The summed E-state index contributed by atoms with van der Waals surface area (Å²) in [5.41, 5.74) is 0.437. The van der Waals surface area contributed by atoms with Crippen LogP contribution in [0.15, 0.2) is 77.7 Å². The minimum Gasteiger partial charge on any atom is -0.454 e. The maximum absolute atomic E-state index is 12.6. The molecule has 9 heteroatoms. The number of hydrogen-bond acceptors (Lipinski definition) is 4. The molecule has 0 aliphatic heterocycles. The van der Waals surface area contributed by atoms with Crippen LogP contribution in [0, 0.1) is 0 Å². The number of rotatable bonds is 6. The van der Waals surface area contributed by atoms with Gasteiger partial charge in [0.05, 0.1) is 15.6 Å². The Balaban J connectivity index is 1.80. The number of amides is 1. The predicted octanol–water partition coefficient (Wildman–Crippen LogP) is 5.38. The van der Waals surface area contributed by atoms with Crippen LogP contribution in [0.1, 0.15) is 10.4 Å². The largest absolute Gasteiger partial charge is 0.454 e. The summed E-state index contributed by atoms with van der Waals surface area (Å²) in [6.07, 6.45) is 0. The van der Waals surface area contributed by atoms with E-state index in [1.54, 1.807) is 48.5 Å². The Labute approximate surface area is 170 Å². The average Bonchev–Trinajstić information content (AvgIpc) is 2.71. The standard InChI is InChI=1S/C20H14ClF2NO4S/c21-15-5-1-3-7-17(15)28-18-8-4-2-6-16(18)24-19(25)13-9-11-14(12-10-13)29(26,27)20(22)23/h1-12,20H,(H,24,25). The third-order valence-electron chi connectivity index (χ3n) is 3.87. The number of para-hydroxylation sites is 3. The molecule has 0 unspecified atom stereocenters. The fourth-order valence-corrected chi connectivity index (χ4v) is 3.29. The van der Waals surface area contributed by atoms with Crippen LogP contribution in [0.2, 0.25) is 5.02 Å². The fourth-order valence-electron chi connectivity index (χ4n) is 2.40. The third-order valence-corrected chi connectivity index (χ3v) is 5.58. The molecule has 3 rings (SSSR count). The Bertz CT molecular complexity index is 1140. The maximum Gasteiger partial charge on any atom is 0.341 e. The fraction of sp³-hybridized carbons (Fsp3) is 0.0500. The Morgan fingerprint density at radius 1 is 0.897 bits per heavy atom. The molecule has 0 bridgehead atoms. The van der Waals surface area contributed by atoms with Gasteiger partial charge in [0.2, 0.25) is 9.84 Å². The van der Waals surface area contributed by atoms with Crippen LogP contribution in [0.25, 0.3) is 0 Å². The van der Waals surface area contributed by atoms with E-state index in [0.29, 0.717) is 22.2 Å². The van der Waals surface area contributed by atoms with Gasteiger partial charge in [-0.05, 0) is 48.5 Å². The summed E-state index contributed by atoms with van der Waals surface area (Å²) >= 11 is 6.09. The number of carbonyl (C=O) groups is 1. The Hall–Kier alpha value is -2.97. The molecule has 0 radical (unpaired) electrons. The summed E-state index contributed by atoms with van der Waals surface area (Å²) in [5.74, 6) is -3.36. The highest BCUT2D eigenvalue weighted by atomic mass is 35.5. The Kier molecular flexibility index (Phi) is 6.14. The van der Waals surface area contributed by atoms with Gasteiger partial charge in [-0.2, -0.15) is 8.78 Å². The van der Waals surface area contributed by atoms with Gasteiger partial charge < -0.3 is 10.1 Å². The highest BCUT2D eigenvalue weighted by Crippen LogP contribution is 2.33. The molecule has 0 spiro atoms. The minimum absolute atomic E-state index is 0.0887. The van der Waals surface area contributed by atoms with E-state index >= 15 is 0 Å². The van der Waals surface area contributed by atoms with Crippen LogP contribution < -0.4 is 10.1 Å². The zero-order valence-electron chi connectivity index (χ0n) is 14.7. The van der Waals surface area contributed by atoms with Gasteiger partial charge in [-0.25, -0.2) is 8.42 Å². The van der Waals surface area contributed by atoms with Gasteiger partial charge in [-0.1, -0.05) is 35.9 Å². The van der Waals surface area contributed by atoms with E-state index in [1.807, 2.05) is 0 Å². The van der Waals surface area contributed by atoms with E-state index in [2.05, 4.69) is 5.32 Å². The molecule has 3 aromatic carbocycles. The number of ether oxygens (including phenoxy) is 1. The van der Waals surface area contributed by atoms with E-state index in [-0.39, 0.29) is 5.56 Å². The van der Waals surface area contributed by atoms with Crippen molar-refractivity contribution in [3.63, 3.8) is 0 Å². The molecule has 0 atom stereocenters. The van der Waals surface area contributed by atoms with Gasteiger partial charge in [0.1, 0.15) is 5.75 Å². The second-order valence-corrected chi connectivity index (χ2v) is 8.14. The molecule has 3 aromatic rings. The van der Waals surface area contributed by atoms with Crippen molar-refractivity contribution in [2.75, 3.05) is 5.32 Å². The lowest BCUT2D eigenvalue weighted by Gasteiger charge is -2.13. The van der Waals surface area contributed by atoms with Crippen LogP contribution in [0.5, 0.6) is 11.5 Å². The van der Waals surface area contributed by atoms with Crippen molar-refractivity contribution in [2.24, 2.45) is 0 Å². The quantitative estimate of drug-likeness (QED) is 0.562. The molecule has 0 saturated heterocycles. The lowest BCUT2D eigenvalue weighted by Crippen LogP contribution is -2.14. The Morgan fingerprint density at radius 3 is 2.10 bits per heavy atom. The first-order valence-electron chi connectivity index (χ1n) is 8.24. The number of alkyl halides is 2. The number of halogens is 3. The van der Waals surface area contributed by atoms with E-state index < -0.39 is 26.4 Å². The van der Waals surface area contributed by atoms with Crippen LogP contribution in [-0.2, 0) is 9.84 Å². The first kappa shape index (κ1) is 20.8. The van der Waals surface area contributed by atoms with Crippen LogP contribution in [-0.4, -0.2) is 20.1 Å². The second kappa shape index (κ2) is 8.59. The molecule has 150 valence electrons. The molecular weight excluding hydrogens is 424 g/mol. The molecule has 0 aliphatic carbocycles. The number of nitrogens with one attached hydrogen (secondary N) is 1. The van der Waals surface area contributed by atoms with Crippen molar-refractivity contribution in [3.05, 3.63) is 83.4 Å². The van der Waals surface area contributed by atoms with Gasteiger partial charge in [0.15, 0.2) is 5.75 Å². The van der Waals surface area contributed by atoms with Crippen molar-refractivity contribution >= 4 is 33.0 Å². The van der Waals surface area contributed by atoms with Crippen molar-refractivity contribution in [3.8, 4) is 11.5 Å². The van der Waals surface area contributed by atoms with E-state index in [1.165, 1.54) is 0 Å². The van der Waals surface area contributed by atoms with Crippen molar-refractivity contribution in [1.29, 1.82) is 0 Å².